The van der Waals surface area contributed by atoms with Crippen molar-refractivity contribution >= 4 is 21.7 Å². The Morgan fingerprint density at radius 2 is 2.44 bits per heavy atom. The highest BCUT2D eigenvalue weighted by molar-refractivity contribution is 9.09. The molecular formula is C11H16BrN3O. The molecule has 0 aliphatic carbocycles. The molecule has 16 heavy (non-hydrogen) atoms. The highest BCUT2D eigenvalue weighted by Gasteiger charge is 2.23. The number of hydrogen-bond donors (Lipinski definition) is 0. The van der Waals surface area contributed by atoms with Gasteiger partial charge in [0.1, 0.15) is 0 Å². The van der Waals surface area contributed by atoms with E-state index in [0.717, 1.165) is 30.2 Å². The lowest BCUT2D eigenvalue weighted by Crippen LogP contribution is -2.21. The van der Waals surface area contributed by atoms with Crippen molar-refractivity contribution in [3.8, 4) is 5.88 Å². The second-order valence-electron chi connectivity index (χ2n) is 4.00. The molecule has 1 fully saturated rings. The van der Waals surface area contributed by atoms with Gasteiger partial charge < -0.3 is 9.64 Å². The third-order valence-electron chi connectivity index (χ3n) is 2.94. The maximum Gasteiger partial charge on any atom is 0.233 e. The zero-order valence-electron chi connectivity index (χ0n) is 9.40. The Hall–Kier alpha value is -0.840. The van der Waals surface area contributed by atoms with Crippen molar-refractivity contribution in [2.75, 3.05) is 30.4 Å². The molecule has 5 heteroatoms. The molecule has 1 aliphatic rings. The summed E-state index contributed by atoms with van der Waals surface area (Å²) < 4.78 is 5.08. The molecule has 0 saturated carbocycles. The summed E-state index contributed by atoms with van der Waals surface area (Å²) in [6, 6.07) is 0. The fourth-order valence-corrected chi connectivity index (χ4v) is 2.67. The van der Waals surface area contributed by atoms with Gasteiger partial charge in [-0.2, -0.15) is 4.98 Å². The van der Waals surface area contributed by atoms with Crippen molar-refractivity contribution in [1.82, 2.24) is 9.97 Å². The van der Waals surface area contributed by atoms with E-state index in [4.69, 9.17) is 4.74 Å². The number of methoxy groups -OCH3 is 1. The van der Waals surface area contributed by atoms with Gasteiger partial charge >= 0.3 is 0 Å². The van der Waals surface area contributed by atoms with Crippen LogP contribution < -0.4 is 9.64 Å². The minimum Gasteiger partial charge on any atom is -0.480 e. The number of alkyl halides is 1. The van der Waals surface area contributed by atoms with Crippen LogP contribution in [0.25, 0.3) is 0 Å². The van der Waals surface area contributed by atoms with Crippen LogP contribution >= 0.6 is 15.9 Å². The molecule has 1 saturated heterocycles. The molecule has 0 spiro atoms. The van der Waals surface area contributed by atoms with E-state index in [1.165, 1.54) is 12.8 Å². The maximum atomic E-state index is 5.08. The van der Waals surface area contributed by atoms with Crippen molar-refractivity contribution in [2.24, 2.45) is 5.92 Å². The Balaban J connectivity index is 2.02. The predicted molar refractivity (Wildman–Crippen MR) is 67.3 cm³/mol. The summed E-state index contributed by atoms with van der Waals surface area (Å²) in [7, 11) is 1.62. The number of aromatic nitrogens is 2. The Labute approximate surface area is 104 Å². The summed E-state index contributed by atoms with van der Waals surface area (Å²) in [5.41, 5.74) is 0. The van der Waals surface area contributed by atoms with Crippen LogP contribution in [-0.4, -0.2) is 35.5 Å². The summed E-state index contributed by atoms with van der Waals surface area (Å²) in [5, 5.41) is 1.08. The van der Waals surface area contributed by atoms with E-state index in [2.05, 4.69) is 30.8 Å². The number of rotatable bonds is 4. The third-order valence-corrected chi connectivity index (χ3v) is 3.39. The maximum absolute atomic E-state index is 5.08. The van der Waals surface area contributed by atoms with Crippen molar-refractivity contribution in [1.29, 1.82) is 0 Å². The zero-order valence-corrected chi connectivity index (χ0v) is 11.0. The smallest absolute Gasteiger partial charge is 0.233 e. The summed E-state index contributed by atoms with van der Waals surface area (Å²) in [5.74, 6) is 2.28. The van der Waals surface area contributed by atoms with Crippen LogP contribution in [0.5, 0.6) is 5.88 Å². The minimum absolute atomic E-state index is 0.585. The van der Waals surface area contributed by atoms with Gasteiger partial charge in [-0.3, -0.25) is 4.98 Å². The molecule has 0 amide bonds. The van der Waals surface area contributed by atoms with Gasteiger partial charge in [-0.25, -0.2) is 0 Å². The summed E-state index contributed by atoms with van der Waals surface area (Å²) >= 11 is 3.49. The first-order chi connectivity index (χ1) is 7.83. The predicted octanol–water partition coefficient (Wildman–Crippen LogP) is 2.10. The number of anilines is 1. The van der Waals surface area contributed by atoms with Crippen LogP contribution in [0.1, 0.15) is 12.8 Å². The second-order valence-corrected chi connectivity index (χ2v) is 4.79. The van der Waals surface area contributed by atoms with Crippen LogP contribution in [-0.2, 0) is 0 Å². The topological polar surface area (TPSA) is 38.2 Å². The van der Waals surface area contributed by atoms with E-state index in [1.807, 2.05) is 0 Å². The van der Waals surface area contributed by atoms with Gasteiger partial charge in [-0.1, -0.05) is 15.9 Å². The van der Waals surface area contributed by atoms with Crippen LogP contribution in [0.3, 0.4) is 0 Å². The zero-order chi connectivity index (χ0) is 11.4. The second kappa shape index (κ2) is 5.48. The number of hydrogen-bond acceptors (Lipinski definition) is 4. The van der Waals surface area contributed by atoms with E-state index in [0.29, 0.717) is 5.88 Å². The summed E-state index contributed by atoms with van der Waals surface area (Å²) in [6.07, 6.45) is 5.91. The lowest BCUT2D eigenvalue weighted by atomic mass is 10.1. The van der Waals surface area contributed by atoms with Crippen molar-refractivity contribution in [2.45, 2.75) is 12.8 Å². The third kappa shape index (κ3) is 2.64. The van der Waals surface area contributed by atoms with Crippen molar-refractivity contribution in [3.63, 3.8) is 0 Å². The van der Waals surface area contributed by atoms with Gasteiger partial charge in [0.2, 0.25) is 5.88 Å². The first-order valence-electron chi connectivity index (χ1n) is 5.50. The molecule has 2 rings (SSSR count). The fraction of sp³-hybridized carbons (Fsp3) is 0.636. The Bertz CT molecular complexity index is 348. The summed E-state index contributed by atoms with van der Waals surface area (Å²) in [4.78, 5) is 10.8. The quantitative estimate of drug-likeness (QED) is 0.794. The van der Waals surface area contributed by atoms with Gasteiger partial charge in [0.15, 0.2) is 5.82 Å². The van der Waals surface area contributed by atoms with Gasteiger partial charge in [0.05, 0.1) is 19.5 Å². The Kier molecular flexibility index (Phi) is 3.98. The number of nitrogens with zero attached hydrogens (tertiary/aromatic N) is 3. The van der Waals surface area contributed by atoms with Crippen LogP contribution in [0.2, 0.25) is 0 Å². The van der Waals surface area contributed by atoms with Crippen LogP contribution in [0.15, 0.2) is 12.4 Å². The Morgan fingerprint density at radius 1 is 1.56 bits per heavy atom. The molecule has 0 aromatic carbocycles. The Morgan fingerprint density at radius 3 is 3.19 bits per heavy atom. The normalized spacial score (nSPS) is 20.1. The highest BCUT2D eigenvalue weighted by atomic mass is 79.9. The summed E-state index contributed by atoms with van der Waals surface area (Å²) in [6.45, 7) is 2.15. The first-order valence-corrected chi connectivity index (χ1v) is 6.62. The molecule has 88 valence electrons. The van der Waals surface area contributed by atoms with E-state index < -0.39 is 0 Å². The number of halogens is 1. The number of ether oxygens (including phenoxy) is 1. The molecule has 1 aromatic heterocycles. The van der Waals surface area contributed by atoms with Crippen LogP contribution in [0, 0.1) is 5.92 Å². The lowest BCUT2D eigenvalue weighted by molar-refractivity contribution is 0.395. The first kappa shape index (κ1) is 11.6. The monoisotopic (exact) mass is 285 g/mol. The van der Waals surface area contributed by atoms with Gasteiger partial charge in [0.25, 0.3) is 0 Å². The highest BCUT2D eigenvalue weighted by Crippen LogP contribution is 2.25. The SMILES string of the molecule is COc1cncc(N2CCC(CCBr)C2)n1. The molecule has 1 atom stereocenters. The molecule has 2 heterocycles. The average molecular weight is 286 g/mol. The van der Waals surface area contributed by atoms with Crippen molar-refractivity contribution < 1.29 is 4.74 Å². The van der Waals surface area contributed by atoms with Crippen molar-refractivity contribution in [3.05, 3.63) is 12.4 Å². The molecule has 1 unspecified atom stereocenters. The lowest BCUT2D eigenvalue weighted by Gasteiger charge is -2.17. The van der Waals surface area contributed by atoms with Gasteiger partial charge in [-0.15, -0.1) is 0 Å². The van der Waals surface area contributed by atoms with E-state index >= 15 is 0 Å². The fourth-order valence-electron chi connectivity index (χ4n) is 2.02. The molecule has 0 bridgehead atoms. The van der Waals surface area contributed by atoms with Gasteiger partial charge in [-0.05, 0) is 18.8 Å². The average Bonchev–Trinajstić information content (AvgIpc) is 2.78. The molecule has 0 N–H and O–H groups in total. The molecule has 1 aromatic rings. The molecular weight excluding hydrogens is 270 g/mol. The minimum atomic E-state index is 0.585. The largest absolute Gasteiger partial charge is 0.480 e. The van der Waals surface area contributed by atoms with Gasteiger partial charge in [0, 0.05) is 18.4 Å². The molecule has 4 nitrogen and oxygen atoms in total. The van der Waals surface area contributed by atoms with E-state index in [9.17, 15) is 0 Å². The van der Waals surface area contributed by atoms with E-state index in [1.54, 1.807) is 19.5 Å². The molecule has 1 aliphatic heterocycles. The van der Waals surface area contributed by atoms with E-state index in [-0.39, 0.29) is 0 Å². The standard InChI is InChI=1S/C11H16BrN3O/c1-16-11-7-13-6-10(14-11)15-5-3-9(8-15)2-4-12/h6-7,9H,2-5,8H2,1H3. The van der Waals surface area contributed by atoms with Crippen LogP contribution in [0.4, 0.5) is 5.82 Å². The molecule has 0 radical (unpaired) electrons.